The molecule has 0 bridgehead atoms. The van der Waals surface area contributed by atoms with E-state index < -0.39 is 0 Å². The van der Waals surface area contributed by atoms with Gasteiger partial charge in [0, 0.05) is 37.5 Å². The summed E-state index contributed by atoms with van der Waals surface area (Å²) in [5, 5.41) is 0. The lowest BCUT2D eigenvalue weighted by Gasteiger charge is -2.32. The number of ether oxygens (including phenoxy) is 4. The number of aromatic nitrogens is 1. The van der Waals surface area contributed by atoms with Crippen molar-refractivity contribution in [2.45, 2.75) is 32.1 Å². The summed E-state index contributed by atoms with van der Waals surface area (Å²) >= 11 is 0. The van der Waals surface area contributed by atoms with Crippen LogP contribution in [0.1, 0.15) is 24.1 Å². The molecule has 27 heavy (non-hydrogen) atoms. The number of fused-ring (bicyclic) bond motifs is 1. The Bertz CT molecular complexity index is 745. The normalized spacial score (nSPS) is 17.7. The van der Waals surface area contributed by atoms with Crippen LogP contribution in [-0.4, -0.2) is 49.4 Å². The molecule has 2 aromatic rings. The first-order valence-electron chi connectivity index (χ1n) is 9.52. The highest BCUT2D eigenvalue weighted by molar-refractivity contribution is 5.51. The average molecular weight is 370 g/mol. The molecule has 0 amide bonds. The number of rotatable bonds is 6. The van der Waals surface area contributed by atoms with Gasteiger partial charge in [0.15, 0.2) is 11.5 Å². The van der Waals surface area contributed by atoms with Gasteiger partial charge in [-0.05, 0) is 31.0 Å². The number of methoxy groups -OCH3 is 1. The van der Waals surface area contributed by atoms with Crippen molar-refractivity contribution in [2.75, 3.05) is 33.4 Å². The molecule has 3 heterocycles. The van der Waals surface area contributed by atoms with Gasteiger partial charge in [0.2, 0.25) is 0 Å². The van der Waals surface area contributed by atoms with E-state index in [0.717, 1.165) is 61.0 Å². The third-order valence-corrected chi connectivity index (χ3v) is 5.07. The molecule has 1 aromatic carbocycles. The fraction of sp³-hybridized carbons (Fsp3) is 0.476. The lowest BCUT2D eigenvalue weighted by molar-refractivity contribution is -0.00534. The van der Waals surface area contributed by atoms with Crippen LogP contribution < -0.4 is 14.2 Å². The lowest BCUT2D eigenvalue weighted by atomic mass is 10.1. The predicted octanol–water partition coefficient (Wildman–Crippen LogP) is 3.04. The summed E-state index contributed by atoms with van der Waals surface area (Å²) in [5.41, 5.74) is 2.12. The van der Waals surface area contributed by atoms with Crippen LogP contribution in [0.3, 0.4) is 0 Å². The van der Waals surface area contributed by atoms with Crippen LogP contribution in [0.4, 0.5) is 0 Å². The van der Waals surface area contributed by atoms with Gasteiger partial charge in [0.1, 0.15) is 19.0 Å². The van der Waals surface area contributed by atoms with Gasteiger partial charge >= 0.3 is 0 Å². The highest BCUT2D eigenvalue weighted by Crippen LogP contribution is 2.37. The first-order valence-corrected chi connectivity index (χ1v) is 9.52. The summed E-state index contributed by atoms with van der Waals surface area (Å²) in [5.74, 6) is 2.43. The molecule has 0 unspecified atom stereocenters. The summed E-state index contributed by atoms with van der Waals surface area (Å²) in [7, 11) is 1.70. The topological polar surface area (TPSA) is 53.1 Å². The third kappa shape index (κ3) is 4.51. The van der Waals surface area contributed by atoms with Gasteiger partial charge in [-0.15, -0.1) is 0 Å². The first kappa shape index (κ1) is 18.1. The van der Waals surface area contributed by atoms with Crippen LogP contribution in [0, 0.1) is 0 Å². The van der Waals surface area contributed by atoms with Crippen LogP contribution >= 0.6 is 0 Å². The number of hydrogen-bond acceptors (Lipinski definition) is 6. The van der Waals surface area contributed by atoms with E-state index in [1.807, 2.05) is 30.5 Å². The largest absolute Gasteiger partial charge is 0.496 e. The fourth-order valence-corrected chi connectivity index (χ4v) is 3.59. The minimum Gasteiger partial charge on any atom is -0.496 e. The molecule has 0 spiro atoms. The molecule has 0 atom stereocenters. The van der Waals surface area contributed by atoms with E-state index in [2.05, 4.69) is 16.0 Å². The number of nitrogens with zero attached hydrogens (tertiary/aromatic N) is 2. The van der Waals surface area contributed by atoms with E-state index in [9.17, 15) is 0 Å². The van der Waals surface area contributed by atoms with E-state index in [0.29, 0.717) is 25.9 Å². The molecule has 0 aliphatic carbocycles. The van der Waals surface area contributed by atoms with Gasteiger partial charge in [-0.1, -0.05) is 6.07 Å². The lowest BCUT2D eigenvalue weighted by Crippen LogP contribution is -2.36. The zero-order valence-corrected chi connectivity index (χ0v) is 15.7. The molecule has 2 aliphatic heterocycles. The van der Waals surface area contributed by atoms with E-state index >= 15 is 0 Å². The Kier molecular flexibility index (Phi) is 5.75. The molecule has 2 aliphatic rings. The van der Waals surface area contributed by atoms with E-state index in [1.165, 1.54) is 0 Å². The molecule has 6 nitrogen and oxygen atoms in total. The molecule has 0 radical (unpaired) electrons. The molecule has 6 heteroatoms. The summed E-state index contributed by atoms with van der Waals surface area (Å²) < 4.78 is 23.0. The van der Waals surface area contributed by atoms with Crippen LogP contribution in [-0.2, 0) is 17.9 Å². The van der Waals surface area contributed by atoms with Crippen LogP contribution in [0.5, 0.6) is 17.2 Å². The van der Waals surface area contributed by atoms with Crippen molar-refractivity contribution >= 4 is 0 Å². The average Bonchev–Trinajstić information content (AvgIpc) is 2.73. The maximum Gasteiger partial charge on any atom is 0.165 e. The molecular formula is C21H26N2O4. The number of hydrogen-bond donors (Lipinski definition) is 0. The summed E-state index contributed by atoms with van der Waals surface area (Å²) in [4.78, 5) is 6.76. The first-order chi connectivity index (χ1) is 13.3. The molecule has 1 fully saturated rings. The zero-order chi connectivity index (χ0) is 18.5. The van der Waals surface area contributed by atoms with Crippen molar-refractivity contribution in [3.05, 3.63) is 47.8 Å². The summed E-state index contributed by atoms with van der Waals surface area (Å²) in [6, 6.07) is 9.91. The van der Waals surface area contributed by atoms with Crippen LogP contribution in [0.15, 0.2) is 36.5 Å². The Labute approximate surface area is 160 Å². The molecule has 0 N–H and O–H groups in total. The Hall–Kier alpha value is -2.31. The molecule has 0 saturated carbocycles. The van der Waals surface area contributed by atoms with E-state index in [4.69, 9.17) is 18.9 Å². The van der Waals surface area contributed by atoms with Crippen molar-refractivity contribution in [3.63, 3.8) is 0 Å². The van der Waals surface area contributed by atoms with Gasteiger partial charge in [0.05, 0.1) is 25.5 Å². The second-order valence-electron chi connectivity index (χ2n) is 6.92. The molecule has 144 valence electrons. The monoisotopic (exact) mass is 370 g/mol. The fourth-order valence-electron chi connectivity index (χ4n) is 3.59. The van der Waals surface area contributed by atoms with Crippen LogP contribution in [0.25, 0.3) is 0 Å². The highest BCUT2D eigenvalue weighted by Gasteiger charge is 2.22. The molecule has 1 saturated heterocycles. The number of piperidine rings is 1. The maximum atomic E-state index is 6.04. The Morgan fingerprint density at radius 3 is 2.59 bits per heavy atom. The minimum absolute atomic E-state index is 0.297. The van der Waals surface area contributed by atoms with E-state index in [-0.39, 0.29) is 0 Å². The predicted molar refractivity (Wildman–Crippen MR) is 101 cm³/mol. The minimum atomic E-state index is 0.297. The highest BCUT2D eigenvalue weighted by atomic mass is 16.6. The van der Waals surface area contributed by atoms with Crippen molar-refractivity contribution < 1.29 is 18.9 Å². The van der Waals surface area contributed by atoms with Crippen molar-refractivity contribution in [2.24, 2.45) is 0 Å². The summed E-state index contributed by atoms with van der Waals surface area (Å²) in [6.45, 7) is 4.61. The Morgan fingerprint density at radius 2 is 1.89 bits per heavy atom. The van der Waals surface area contributed by atoms with Gasteiger partial charge < -0.3 is 18.9 Å². The van der Waals surface area contributed by atoms with Crippen molar-refractivity contribution in [1.29, 1.82) is 0 Å². The Balaban J connectivity index is 1.31. The Morgan fingerprint density at radius 1 is 1.11 bits per heavy atom. The van der Waals surface area contributed by atoms with Gasteiger partial charge in [-0.25, -0.2) is 0 Å². The quantitative estimate of drug-likeness (QED) is 0.779. The molecule has 1 aromatic heterocycles. The SMILES string of the molecule is COc1cc2c(cc1CN1CCC(OCc3ccccn3)CC1)OCCO2. The third-order valence-electron chi connectivity index (χ3n) is 5.07. The molecular weight excluding hydrogens is 344 g/mol. The second kappa shape index (κ2) is 8.59. The smallest absolute Gasteiger partial charge is 0.165 e. The van der Waals surface area contributed by atoms with Crippen LogP contribution in [0.2, 0.25) is 0 Å². The molecule has 4 rings (SSSR count). The van der Waals surface area contributed by atoms with Gasteiger partial charge in [0.25, 0.3) is 0 Å². The zero-order valence-electron chi connectivity index (χ0n) is 15.7. The maximum absolute atomic E-state index is 6.04. The number of benzene rings is 1. The number of likely N-dealkylation sites (tertiary alicyclic amines) is 1. The second-order valence-corrected chi connectivity index (χ2v) is 6.92. The van der Waals surface area contributed by atoms with Crippen molar-refractivity contribution in [3.8, 4) is 17.2 Å². The van der Waals surface area contributed by atoms with Gasteiger partial charge in [-0.2, -0.15) is 0 Å². The van der Waals surface area contributed by atoms with Gasteiger partial charge in [-0.3, -0.25) is 9.88 Å². The number of pyridine rings is 1. The van der Waals surface area contributed by atoms with Crippen molar-refractivity contribution in [1.82, 2.24) is 9.88 Å². The standard InChI is InChI=1S/C21H26N2O4/c1-24-19-13-21-20(25-10-11-26-21)12-16(19)14-23-8-5-18(6-9-23)27-15-17-4-2-3-7-22-17/h2-4,7,12-13,18H,5-6,8-11,14-15H2,1H3. The summed E-state index contributed by atoms with van der Waals surface area (Å²) in [6.07, 6.45) is 4.16. The van der Waals surface area contributed by atoms with E-state index in [1.54, 1.807) is 7.11 Å².